The molecule has 2 aromatic carbocycles. The molecular formula is C15H12Br2. The Morgan fingerprint density at radius 3 is 1.35 bits per heavy atom. The molecule has 1 aliphatic rings. The van der Waals surface area contributed by atoms with Gasteiger partial charge >= 0.3 is 0 Å². The number of benzene rings is 2. The maximum absolute atomic E-state index is 3.48. The van der Waals surface area contributed by atoms with Crippen molar-refractivity contribution < 1.29 is 0 Å². The smallest absolute Gasteiger partial charge is 0.0175 e. The predicted octanol–water partition coefficient (Wildman–Crippen LogP) is 5.48. The highest BCUT2D eigenvalue weighted by molar-refractivity contribution is 9.10. The number of halogens is 2. The van der Waals surface area contributed by atoms with Crippen molar-refractivity contribution in [2.45, 2.75) is 18.3 Å². The lowest BCUT2D eigenvalue weighted by atomic mass is 10.0. The summed E-state index contributed by atoms with van der Waals surface area (Å²) in [4.78, 5) is 0. The Hall–Kier alpha value is -0.600. The summed E-state index contributed by atoms with van der Waals surface area (Å²) in [5, 5.41) is 0. The van der Waals surface area contributed by atoms with E-state index in [1.807, 2.05) is 0 Å². The zero-order chi connectivity index (χ0) is 11.8. The van der Waals surface area contributed by atoms with E-state index in [0.717, 1.165) is 8.95 Å². The molecule has 0 amide bonds. The van der Waals surface area contributed by atoms with E-state index in [4.69, 9.17) is 0 Å². The van der Waals surface area contributed by atoms with Crippen LogP contribution in [0.5, 0.6) is 0 Å². The second kappa shape index (κ2) is 4.58. The lowest BCUT2D eigenvalue weighted by molar-refractivity contribution is 1.03. The van der Waals surface area contributed by atoms with Crippen molar-refractivity contribution in [3.63, 3.8) is 0 Å². The van der Waals surface area contributed by atoms with Crippen LogP contribution >= 0.6 is 31.9 Å². The van der Waals surface area contributed by atoms with Crippen LogP contribution in [0.1, 0.15) is 29.4 Å². The van der Waals surface area contributed by atoms with Gasteiger partial charge in [-0.15, -0.1) is 0 Å². The molecule has 0 N–H and O–H groups in total. The van der Waals surface area contributed by atoms with Crippen molar-refractivity contribution >= 4 is 31.9 Å². The van der Waals surface area contributed by atoms with Crippen LogP contribution in [0.25, 0.3) is 0 Å². The van der Waals surface area contributed by atoms with Gasteiger partial charge in [0, 0.05) is 8.95 Å². The summed E-state index contributed by atoms with van der Waals surface area (Å²) in [5.41, 5.74) is 2.92. The third-order valence-corrected chi connectivity index (χ3v) is 4.44. The molecule has 0 nitrogen and oxygen atoms in total. The SMILES string of the molecule is Brc1ccc([C@H]2C[C@@H]2c2ccc(Br)cc2)cc1. The van der Waals surface area contributed by atoms with Gasteiger partial charge in [-0.25, -0.2) is 0 Å². The molecule has 2 atom stereocenters. The monoisotopic (exact) mass is 350 g/mol. The average Bonchev–Trinajstić information content (AvgIpc) is 3.11. The molecule has 86 valence electrons. The van der Waals surface area contributed by atoms with E-state index in [1.165, 1.54) is 17.5 Å². The predicted molar refractivity (Wildman–Crippen MR) is 78.4 cm³/mol. The average molecular weight is 352 g/mol. The van der Waals surface area contributed by atoms with Crippen LogP contribution in [-0.2, 0) is 0 Å². The second-order valence-electron chi connectivity index (χ2n) is 4.55. The fourth-order valence-corrected chi connectivity index (χ4v) is 2.88. The molecule has 0 aliphatic heterocycles. The van der Waals surface area contributed by atoms with Crippen molar-refractivity contribution in [3.05, 3.63) is 68.6 Å². The zero-order valence-corrected chi connectivity index (χ0v) is 12.4. The molecule has 0 bridgehead atoms. The first-order valence-corrected chi connectivity index (χ1v) is 7.33. The molecule has 17 heavy (non-hydrogen) atoms. The Balaban J connectivity index is 1.78. The summed E-state index contributed by atoms with van der Waals surface area (Å²) in [6.07, 6.45) is 1.28. The summed E-state index contributed by atoms with van der Waals surface area (Å²) >= 11 is 6.96. The van der Waals surface area contributed by atoms with Gasteiger partial charge in [-0.2, -0.15) is 0 Å². The Labute approximate surface area is 118 Å². The van der Waals surface area contributed by atoms with E-state index >= 15 is 0 Å². The number of hydrogen-bond acceptors (Lipinski definition) is 0. The minimum atomic E-state index is 0.712. The summed E-state index contributed by atoms with van der Waals surface area (Å²) in [6, 6.07) is 17.4. The van der Waals surface area contributed by atoms with Crippen molar-refractivity contribution in [2.75, 3.05) is 0 Å². The maximum Gasteiger partial charge on any atom is 0.0175 e. The zero-order valence-electron chi connectivity index (χ0n) is 9.24. The molecule has 1 aliphatic carbocycles. The van der Waals surface area contributed by atoms with Gasteiger partial charge in [0.05, 0.1) is 0 Å². The Kier molecular flexibility index (Phi) is 3.10. The van der Waals surface area contributed by atoms with Crippen molar-refractivity contribution in [2.24, 2.45) is 0 Å². The second-order valence-corrected chi connectivity index (χ2v) is 6.38. The van der Waals surface area contributed by atoms with E-state index in [0.29, 0.717) is 11.8 Å². The third-order valence-electron chi connectivity index (χ3n) is 3.39. The maximum atomic E-state index is 3.48. The van der Waals surface area contributed by atoms with Crippen LogP contribution in [0.4, 0.5) is 0 Å². The Bertz CT molecular complexity index is 464. The minimum absolute atomic E-state index is 0.712. The number of hydrogen-bond donors (Lipinski definition) is 0. The first kappa shape index (κ1) is 11.5. The molecule has 0 aromatic heterocycles. The quantitative estimate of drug-likeness (QED) is 0.671. The van der Waals surface area contributed by atoms with Gasteiger partial charge in [0.1, 0.15) is 0 Å². The van der Waals surface area contributed by atoms with E-state index < -0.39 is 0 Å². The normalized spacial score (nSPS) is 22.5. The topological polar surface area (TPSA) is 0 Å². The van der Waals surface area contributed by atoms with Crippen LogP contribution < -0.4 is 0 Å². The molecule has 1 saturated carbocycles. The fraction of sp³-hybridized carbons (Fsp3) is 0.200. The standard InChI is InChI=1S/C15H12Br2/c16-12-5-1-10(2-6-12)14-9-15(14)11-3-7-13(17)8-4-11/h1-8,14-15H,9H2/t14-,15-/m1/s1. The Morgan fingerprint density at radius 2 is 1.00 bits per heavy atom. The number of rotatable bonds is 2. The van der Waals surface area contributed by atoms with Crippen molar-refractivity contribution in [3.8, 4) is 0 Å². The third kappa shape index (κ3) is 2.48. The van der Waals surface area contributed by atoms with Gasteiger partial charge in [0.15, 0.2) is 0 Å². The van der Waals surface area contributed by atoms with Crippen LogP contribution in [0.15, 0.2) is 57.5 Å². The lowest BCUT2D eigenvalue weighted by Crippen LogP contribution is -1.84. The van der Waals surface area contributed by atoms with Crippen molar-refractivity contribution in [1.82, 2.24) is 0 Å². The van der Waals surface area contributed by atoms with Crippen molar-refractivity contribution in [1.29, 1.82) is 0 Å². The summed E-state index contributed by atoms with van der Waals surface area (Å²) in [7, 11) is 0. The molecule has 2 heteroatoms. The Morgan fingerprint density at radius 1 is 0.647 bits per heavy atom. The molecule has 1 fully saturated rings. The molecule has 2 aromatic rings. The van der Waals surface area contributed by atoms with E-state index in [-0.39, 0.29) is 0 Å². The van der Waals surface area contributed by atoms with Crippen LogP contribution in [0.2, 0.25) is 0 Å². The van der Waals surface area contributed by atoms with E-state index in [2.05, 4.69) is 80.4 Å². The van der Waals surface area contributed by atoms with Crippen LogP contribution in [-0.4, -0.2) is 0 Å². The summed E-state index contributed by atoms with van der Waals surface area (Å²) < 4.78 is 2.31. The van der Waals surface area contributed by atoms with Crippen LogP contribution in [0.3, 0.4) is 0 Å². The largest absolute Gasteiger partial charge is 0.0576 e. The molecule has 3 rings (SSSR count). The van der Waals surface area contributed by atoms with Gasteiger partial charge < -0.3 is 0 Å². The highest BCUT2D eigenvalue weighted by Gasteiger charge is 2.39. The molecule has 0 unspecified atom stereocenters. The first-order valence-electron chi connectivity index (χ1n) is 5.75. The van der Waals surface area contributed by atoms with Gasteiger partial charge in [0.2, 0.25) is 0 Å². The molecule has 0 heterocycles. The molecule has 0 spiro atoms. The van der Waals surface area contributed by atoms with Gasteiger partial charge in [0.25, 0.3) is 0 Å². The summed E-state index contributed by atoms with van der Waals surface area (Å²) in [6.45, 7) is 0. The highest BCUT2D eigenvalue weighted by atomic mass is 79.9. The highest BCUT2D eigenvalue weighted by Crippen LogP contribution is 2.54. The summed E-state index contributed by atoms with van der Waals surface area (Å²) in [5.74, 6) is 1.42. The van der Waals surface area contributed by atoms with Gasteiger partial charge in [-0.3, -0.25) is 0 Å². The molecular weight excluding hydrogens is 340 g/mol. The van der Waals surface area contributed by atoms with Crippen LogP contribution in [0, 0.1) is 0 Å². The fourth-order valence-electron chi connectivity index (χ4n) is 2.35. The lowest BCUT2D eigenvalue weighted by Gasteiger charge is -2.02. The first-order chi connectivity index (χ1) is 8.24. The van der Waals surface area contributed by atoms with E-state index in [1.54, 1.807) is 0 Å². The van der Waals surface area contributed by atoms with Gasteiger partial charge in [-0.05, 0) is 53.6 Å². The van der Waals surface area contributed by atoms with E-state index in [9.17, 15) is 0 Å². The molecule has 0 radical (unpaired) electrons. The van der Waals surface area contributed by atoms with Gasteiger partial charge in [-0.1, -0.05) is 56.1 Å². The minimum Gasteiger partial charge on any atom is -0.0576 e. The molecule has 0 saturated heterocycles.